The van der Waals surface area contributed by atoms with Crippen LogP contribution in [0.25, 0.3) is 17.2 Å². The van der Waals surface area contributed by atoms with Gasteiger partial charge >= 0.3 is 0 Å². The number of allylic oxidation sites excluding steroid dienone is 1. The Balaban J connectivity index is 2.13. The summed E-state index contributed by atoms with van der Waals surface area (Å²) in [4.78, 5) is 0. The third-order valence-corrected chi connectivity index (χ3v) is 4.19. The van der Waals surface area contributed by atoms with E-state index in [2.05, 4.69) is 6.92 Å². The van der Waals surface area contributed by atoms with Gasteiger partial charge in [0, 0.05) is 0 Å². The van der Waals surface area contributed by atoms with Crippen LogP contribution in [0.5, 0.6) is 0 Å². The quantitative estimate of drug-likeness (QED) is 0.605. The van der Waals surface area contributed by atoms with Crippen LogP contribution in [0.2, 0.25) is 0 Å². The van der Waals surface area contributed by atoms with Crippen LogP contribution < -0.4 is 0 Å². The highest BCUT2D eigenvalue weighted by atomic mass is 19.2. The topological polar surface area (TPSA) is 0 Å². The molecule has 0 aliphatic heterocycles. The highest BCUT2D eigenvalue weighted by Gasteiger charge is 2.22. The molecule has 1 aliphatic rings. The average molecular weight is 320 g/mol. The van der Waals surface area contributed by atoms with E-state index in [4.69, 9.17) is 0 Å². The van der Waals surface area contributed by atoms with E-state index in [9.17, 15) is 17.6 Å². The zero-order valence-electron chi connectivity index (χ0n) is 12.7. The van der Waals surface area contributed by atoms with Crippen LogP contribution in [-0.4, -0.2) is 0 Å². The molecular formula is C19H16F4. The van der Waals surface area contributed by atoms with E-state index in [1.54, 1.807) is 0 Å². The fraction of sp³-hybridized carbons (Fsp3) is 0.263. The van der Waals surface area contributed by atoms with Gasteiger partial charge in [-0.25, -0.2) is 17.6 Å². The fourth-order valence-corrected chi connectivity index (χ4v) is 3.07. The van der Waals surface area contributed by atoms with Gasteiger partial charge in [-0.15, -0.1) is 0 Å². The Labute approximate surface area is 132 Å². The van der Waals surface area contributed by atoms with E-state index >= 15 is 0 Å². The third-order valence-electron chi connectivity index (χ3n) is 4.19. The van der Waals surface area contributed by atoms with Crippen LogP contribution in [0.4, 0.5) is 17.6 Å². The second-order valence-electron chi connectivity index (χ2n) is 5.80. The number of hydrogen-bond acceptors (Lipinski definition) is 0. The minimum absolute atomic E-state index is 0.00466. The summed E-state index contributed by atoms with van der Waals surface area (Å²) in [6.07, 6.45) is 4.96. The zero-order valence-corrected chi connectivity index (χ0v) is 12.7. The molecule has 0 amide bonds. The lowest BCUT2D eigenvalue weighted by molar-refractivity contribution is 0.508. The van der Waals surface area contributed by atoms with Gasteiger partial charge in [0.25, 0.3) is 0 Å². The Morgan fingerprint density at radius 3 is 2.39 bits per heavy atom. The average Bonchev–Trinajstić information content (AvgIpc) is 2.51. The molecule has 4 heteroatoms. The molecule has 0 heterocycles. The van der Waals surface area contributed by atoms with Crippen molar-refractivity contribution in [3.63, 3.8) is 0 Å². The predicted molar refractivity (Wildman–Crippen MR) is 82.9 cm³/mol. The molecule has 0 N–H and O–H groups in total. The molecule has 0 bridgehead atoms. The number of rotatable bonds is 3. The minimum atomic E-state index is -1.12. The lowest BCUT2D eigenvalue weighted by Crippen LogP contribution is -2.06. The summed E-state index contributed by atoms with van der Waals surface area (Å²) in [5.74, 6) is -3.61. The van der Waals surface area contributed by atoms with E-state index in [0.29, 0.717) is 17.5 Å². The van der Waals surface area contributed by atoms with Crippen molar-refractivity contribution < 1.29 is 17.6 Å². The van der Waals surface area contributed by atoms with Crippen LogP contribution >= 0.6 is 0 Å². The molecule has 3 rings (SSSR count). The summed E-state index contributed by atoms with van der Waals surface area (Å²) in [5.41, 5.74) is 1.87. The van der Waals surface area contributed by atoms with Gasteiger partial charge in [0.15, 0.2) is 11.6 Å². The van der Waals surface area contributed by atoms with Crippen LogP contribution in [-0.2, 0) is 6.42 Å². The maximum absolute atomic E-state index is 14.8. The highest BCUT2D eigenvalue weighted by molar-refractivity contribution is 5.71. The minimum Gasteiger partial charge on any atom is -0.206 e. The predicted octanol–water partition coefficient (Wildman–Crippen LogP) is 6.04. The Bertz CT molecular complexity index is 790. The van der Waals surface area contributed by atoms with Gasteiger partial charge in [-0.2, -0.15) is 0 Å². The maximum Gasteiger partial charge on any atom is 0.159 e. The molecule has 0 atom stereocenters. The number of benzene rings is 2. The normalized spacial score (nSPS) is 13.7. The Hall–Kier alpha value is -2.10. The largest absolute Gasteiger partial charge is 0.206 e. The molecule has 23 heavy (non-hydrogen) atoms. The molecule has 0 radical (unpaired) electrons. The van der Waals surface area contributed by atoms with Gasteiger partial charge in [0.1, 0.15) is 11.6 Å². The van der Waals surface area contributed by atoms with Crippen LogP contribution in [0.15, 0.2) is 29.8 Å². The van der Waals surface area contributed by atoms with Crippen molar-refractivity contribution in [3.05, 3.63) is 64.2 Å². The van der Waals surface area contributed by atoms with Crippen LogP contribution in [0.3, 0.4) is 0 Å². The van der Waals surface area contributed by atoms with E-state index in [-0.39, 0.29) is 11.1 Å². The summed E-state index contributed by atoms with van der Waals surface area (Å²) < 4.78 is 55.6. The molecular weight excluding hydrogens is 304 g/mol. The van der Waals surface area contributed by atoms with E-state index < -0.39 is 23.3 Å². The number of fused-ring (bicyclic) bond motifs is 1. The first-order valence-electron chi connectivity index (χ1n) is 7.67. The van der Waals surface area contributed by atoms with Crippen molar-refractivity contribution >= 4 is 6.08 Å². The summed E-state index contributed by atoms with van der Waals surface area (Å²) in [6.45, 7) is 2.06. The summed E-state index contributed by atoms with van der Waals surface area (Å²) in [7, 11) is 0. The molecule has 2 aromatic carbocycles. The first-order valence-corrected chi connectivity index (χ1v) is 7.67. The molecule has 120 valence electrons. The van der Waals surface area contributed by atoms with Crippen molar-refractivity contribution in [2.45, 2.75) is 32.6 Å². The van der Waals surface area contributed by atoms with Crippen LogP contribution in [0, 0.1) is 23.3 Å². The van der Waals surface area contributed by atoms with Gasteiger partial charge in [-0.3, -0.25) is 0 Å². The van der Waals surface area contributed by atoms with E-state index in [0.717, 1.165) is 31.4 Å². The van der Waals surface area contributed by atoms with Crippen LogP contribution in [0.1, 0.15) is 37.3 Å². The molecule has 0 saturated carbocycles. The molecule has 0 fully saturated rings. The third kappa shape index (κ3) is 2.90. The molecule has 0 nitrogen and oxygen atoms in total. The van der Waals surface area contributed by atoms with Gasteiger partial charge in [-0.1, -0.05) is 31.1 Å². The van der Waals surface area contributed by atoms with Gasteiger partial charge in [0.2, 0.25) is 0 Å². The number of hydrogen-bond donors (Lipinski definition) is 0. The Morgan fingerprint density at radius 2 is 1.70 bits per heavy atom. The van der Waals surface area contributed by atoms with Gasteiger partial charge in [-0.05, 0) is 54.2 Å². The smallest absolute Gasteiger partial charge is 0.159 e. The lowest BCUT2D eigenvalue weighted by Gasteiger charge is -2.19. The van der Waals surface area contributed by atoms with Crippen molar-refractivity contribution in [3.8, 4) is 11.1 Å². The molecule has 1 aliphatic carbocycles. The monoisotopic (exact) mass is 320 g/mol. The molecule has 0 aromatic heterocycles. The summed E-state index contributed by atoms with van der Waals surface area (Å²) in [5, 5.41) is 0. The second kappa shape index (κ2) is 6.19. The van der Waals surface area contributed by atoms with Crippen molar-refractivity contribution in [1.82, 2.24) is 0 Å². The van der Waals surface area contributed by atoms with E-state index in [1.807, 2.05) is 6.08 Å². The lowest BCUT2D eigenvalue weighted by atomic mass is 9.87. The molecule has 0 saturated heterocycles. The van der Waals surface area contributed by atoms with Crippen molar-refractivity contribution in [1.29, 1.82) is 0 Å². The maximum atomic E-state index is 14.8. The number of halogens is 4. The Morgan fingerprint density at radius 1 is 0.913 bits per heavy atom. The first kappa shape index (κ1) is 15.8. The first-order chi connectivity index (χ1) is 11.0. The fourth-order valence-electron chi connectivity index (χ4n) is 3.07. The van der Waals surface area contributed by atoms with Gasteiger partial charge in [0.05, 0.1) is 5.56 Å². The molecule has 2 aromatic rings. The van der Waals surface area contributed by atoms with E-state index in [1.165, 1.54) is 17.7 Å². The summed E-state index contributed by atoms with van der Waals surface area (Å²) >= 11 is 0. The summed E-state index contributed by atoms with van der Waals surface area (Å²) in [6, 6.07) is 4.17. The van der Waals surface area contributed by atoms with Crippen molar-refractivity contribution in [2.75, 3.05) is 0 Å². The highest BCUT2D eigenvalue weighted by Crippen LogP contribution is 2.35. The Kier molecular flexibility index (Phi) is 4.24. The zero-order chi connectivity index (χ0) is 16.6. The SMILES string of the molecule is CCCC1=Cc2cc(F)c(-c3ccc(F)c(F)c3)c(F)c2CC1. The van der Waals surface area contributed by atoms with Crippen molar-refractivity contribution in [2.24, 2.45) is 0 Å². The molecule has 0 spiro atoms. The molecule has 0 unspecified atom stereocenters. The van der Waals surface area contributed by atoms with Gasteiger partial charge < -0.3 is 0 Å². The second-order valence-corrected chi connectivity index (χ2v) is 5.80. The standard InChI is InChI=1S/C19H16F4/c1-2-3-11-4-6-14-13(8-11)10-17(22)18(19(14)23)12-5-7-15(20)16(21)9-12/h5,7-10H,2-4,6H2,1H3.